The Morgan fingerprint density at radius 3 is 2.62 bits per heavy atom. The molecule has 0 fully saturated rings. The molecule has 1 heterocycles. The number of hydrogen-bond donors (Lipinski definition) is 2. The van der Waals surface area contributed by atoms with Crippen molar-refractivity contribution in [2.75, 3.05) is 5.73 Å². The minimum Gasteiger partial charge on any atom is -0.506 e. The molecule has 0 unspecified atom stereocenters. The fraction of sp³-hybridized carbons (Fsp3) is 0. The van der Waals surface area contributed by atoms with Crippen LogP contribution in [0.25, 0.3) is 22.8 Å². The molecule has 7 heteroatoms. The lowest BCUT2D eigenvalue weighted by Gasteiger charge is -1.99. The summed E-state index contributed by atoms with van der Waals surface area (Å²) in [6, 6.07) is 10.1. The zero-order valence-corrected chi connectivity index (χ0v) is 12.9. The first-order valence-corrected chi connectivity index (χ1v) is 7.09. The van der Waals surface area contributed by atoms with Crippen molar-refractivity contribution in [3.8, 4) is 28.6 Å². The Hall–Kier alpha value is -2.05. The van der Waals surface area contributed by atoms with Gasteiger partial charge < -0.3 is 15.4 Å². The normalized spacial score (nSPS) is 10.8. The molecule has 0 atom stereocenters. The number of hydrogen-bond acceptors (Lipinski definition) is 5. The molecule has 5 nitrogen and oxygen atoms in total. The number of phenolic OH excluding ortho intramolecular Hbond substituents is 1. The van der Waals surface area contributed by atoms with Gasteiger partial charge in [-0.05, 0) is 52.3 Å². The molecule has 2 aromatic carbocycles. The molecule has 0 spiro atoms. The largest absolute Gasteiger partial charge is 0.506 e. The van der Waals surface area contributed by atoms with Gasteiger partial charge in [0.05, 0.1) is 10.7 Å². The molecule has 3 rings (SSSR count). The lowest BCUT2D eigenvalue weighted by molar-refractivity contribution is 0.432. The van der Waals surface area contributed by atoms with Crippen LogP contribution >= 0.6 is 27.5 Å². The van der Waals surface area contributed by atoms with E-state index >= 15 is 0 Å². The first kappa shape index (κ1) is 13.9. The van der Waals surface area contributed by atoms with E-state index in [0.29, 0.717) is 22.3 Å². The Morgan fingerprint density at radius 1 is 1.14 bits per heavy atom. The highest BCUT2D eigenvalue weighted by atomic mass is 79.9. The van der Waals surface area contributed by atoms with Gasteiger partial charge in [0, 0.05) is 15.6 Å². The van der Waals surface area contributed by atoms with Crippen LogP contribution in [0.15, 0.2) is 45.4 Å². The summed E-state index contributed by atoms with van der Waals surface area (Å²) in [4.78, 5) is 4.31. The molecule has 0 amide bonds. The van der Waals surface area contributed by atoms with E-state index in [2.05, 4.69) is 26.1 Å². The van der Waals surface area contributed by atoms with Gasteiger partial charge in [0.15, 0.2) is 0 Å². The van der Waals surface area contributed by atoms with Crippen molar-refractivity contribution in [3.63, 3.8) is 0 Å². The maximum atomic E-state index is 9.42. The second kappa shape index (κ2) is 5.38. The summed E-state index contributed by atoms with van der Waals surface area (Å²) >= 11 is 9.30. The van der Waals surface area contributed by atoms with Gasteiger partial charge in [-0.15, -0.1) is 0 Å². The molecule has 3 aromatic rings. The first-order valence-electron chi connectivity index (χ1n) is 5.92. The first-order chi connectivity index (χ1) is 10.0. The van der Waals surface area contributed by atoms with Crippen molar-refractivity contribution in [1.29, 1.82) is 0 Å². The minimum absolute atomic E-state index is 0.0140. The van der Waals surface area contributed by atoms with Crippen LogP contribution < -0.4 is 5.73 Å². The van der Waals surface area contributed by atoms with Crippen LogP contribution in [-0.2, 0) is 0 Å². The fourth-order valence-electron chi connectivity index (χ4n) is 1.78. The van der Waals surface area contributed by atoms with E-state index in [1.165, 1.54) is 6.07 Å². The van der Waals surface area contributed by atoms with Gasteiger partial charge in [-0.3, -0.25) is 0 Å². The van der Waals surface area contributed by atoms with Gasteiger partial charge in [-0.25, -0.2) is 0 Å². The Morgan fingerprint density at radius 2 is 1.90 bits per heavy atom. The standard InChI is InChI=1S/C14H9BrClN3O2/c15-9-5-7(1-3-10(9)16)13-18-14(21-19-13)8-2-4-12(20)11(17)6-8/h1-6,20H,17H2. The van der Waals surface area contributed by atoms with Crippen LogP contribution in [-0.4, -0.2) is 15.2 Å². The fourth-order valence-corrected chi connectivity index (χ4v) is 2.28. The number of nitrogens with zero attached hydrogens (tertiary/aromatic N) is 2. The number of halogens is 2. The van der Waals surface area contributed by atoms with E-state index in [0.717, 1.165) is 10.0 Å². The summed E-state index contributed by atoms with van der Waals surface area (Å²) in [5.41, 5.74) is 7.31. The summed E-state index contributed by atoms with van der Waals surface area (Å²) in [5, 5.41) is 14.0. The van der Waals surface area contributed by atoms with Crippen molar-refractivity contribution in [2.24, 2.45) is 0 Å². The highest BCUT2D eigenvalue weighted by Gasteiger charge is 2.12. The third-order valence-corrected chi connectivity index (χ3v) is 4.09. The smallest absolute Gasteiger partial charge is 0.258 e. The van der Waals surface area contributed by atoms with Gasteiger partial charge in [0.1, 0.15) is 5.75 Å². The van der Waals surface area contributed by atoms with Gasteiger partial charge in [-0.1, -0.05) is 16.8 Å². The molecule has 0 aliphatic rings. The molecule has 0 bridgehead atoms. The second-order valence-electron chi connectivity index (χ2n) is 4.33. The van der Waals surface area contributed by atoms with Crippen LogP contribution in [0.4, 0.5) is 5.69 Å². The third kappa shape index (κ3) is 2.72. The Labute approximate surface area is 133 Å². The number of rotatable bonds is 2. The summed E-state index contributed by atoms with van der Waals surface area (Å²) in [6.45, 7) is 0. The SMILES string of the molecule is Nc1cc(-c2nc(-c3ccc(Cl)c(Br)c3)no2)ccc1O. The maximum Gasteiger partial charge on any atom is 0.258 e. The van der Waals surface area contributed by atoms with E-state index in [4.69, 9.17) is 21.9 Å². The Balaban J connectivity index is 1.99. The average Bonchev–Trinajstić information content (AvgIpc) is 2.94. The number of aromatic hydroxyl groups is 1. The van der Waals surface area contributed by atoms with E-state index in [1.54, 1.807) is 24.3 Å². The van der Waals surface area contributed by atoms with Crippen LogP contribution in [0.5, 0.6) is 5.75 Å². The molecule has 0 radical (unpaired) electrons. The molecule has 0 aliphatic heterocycles. The maximum absolute atomic E-state index is 9.42. The summed E-state index contributed by atoms with van der Waals surface area (Å²) in [7, 11) is 0. The van der Waals surface area contributed by atoms with Crippen molar-refractivity contribution < 1.29 is 9.63 Å². The Bertz CT molecular complexity index is 754. The van der Waals surface area contributed by atoms with Gasteiger partial charge in [0.25, 0.3) is 5.89 Å². The number of nitrogens with two attached hydrogens (primary N) is 1. The van der Waals surface area contributed by atoms with E-state index in [-0.39, 0.29) is 11.4 Å². The predicted octanol–water partition coefficient (Wildman–Crippen LogP) is 4.11. The number of nitrogen functional groups attached to an aromatic ring is 1. The van der Waals surface area contributed by atoms with Crippen molar-refractivity contribution in [3.05, 3.63) is 45.9 Å². The lowest BCUT2D eigenvalue weighted by Crippen LogP contribution is -1.87. The van der Waals surface area contributed by atoms with Crippen LogP contribution in [0.3, 0.4) is 0 Å². The van der Waals surface area contributed by atoms with Gasteiger partial charge >= 0.3 is 0 Å². The van der Waals surface area contributed by atoms with Crippen LogP contribution in [0.1, 0.15) is 0 Å². The minimum atomic E-state index is 0.0140. The van der Waals surface area contributed by atoms with Crippen LogP contribution in [0, 0.1) is 0 Å². The molecule has 3 N–H and O–H groups in total. The van der Waals surface area contributed by atoms with E-state index in [1.807, 2.05) is 6.07 Å². The number of anilines is 1. The zero-order valence-electron chi connectivity index (χ0n) is 10.5. The molecule has 0 saturated carbocycles. The Kier molecular flexibility index (Phi) is 3.57. The third-order valence-electron chi connectivity index (χ3n) is 2.88. The topological polar surface area (TPSA) is 85.2 Å². The molecule has 0 aliphatic carbocycles. The monoisotopic (exact) mass is 365 g/mol. The quantitative estimate of drug-likeness (QED) is 0.526. The van der Waals surface area contributed by atoms with Gasteiger partial charge in [-0.2, -0.15) is 4.98 Å². The number of phenols is 1. The van der Waals surface area contributed by atoms with Crippen molar-refractivity contribution >= 4 is 33.2 Å². The van der Waals surface area contributed by atoms with Crippen LogP contribution in [0.2, 0.25) is 5.02 Å². The summed E-state index contributed by atoms with van der Waals surface area (Å²) < 4.78 is 5.98. The van der Waals surface area contributed by atoms with E-state index < -0.39 is 0 Å². The lowest BCUT2D eigenvalue weighted by atomic mass is 10.2. The molecule has 106 valence electrons. The molecule has 21 heavy (non-hydrogen) atoms. The molecule has 1 aromatic heterocycles. The highest BCUT2D eigenvalue weighted by molar-refractivity contribution is 9.10. The molecular formula is C14H9BrClN3O2. The van der Waals surface area contributed by atoms with Crippen molar-refractivity contribution in [1.82, 2.24) is 10.1 Å². The number of aromatic nitrogens is 2. The van der Waals surface area contributed by atoms with E-state index in [9.17, 15) is 5.11 Å². The summed E-state index contributed by atoms with van der Waals surface area (Å²) in [6.07, 6.45) is 0. The summed E-state index contributed by atoms with van der Waals surface area (Å²) in [5.74, 6) is 0.775. The predicted molar refractivity (Wildman–Crippen MR) is 84.0 cm³/mol. The highest BCUT2D eigenvalue weighted by Crippen LogP contribution is 2.30. The van der Waals surface area contributed by atoms with Gasteiger partial charge in [0.2, 0.25) is 5.82 Å². The zero-order chi connectivity index (χ0) is 15.0. The second-order valence-corrected chi connectivity index (χ2v) is 5.59. The molecular weight excluding hydrogens is 358 g/mol. The number of benzene rings is 2. The molecule has 0 saturated heterocycles. The van der Waals surface area contributed by atoms with Crippen molar-refractivity contribution in [2.45, 2.75) is 0 Å². The average molecular weight is 367 g/mol.